The Bertz CT molecular complexity index is 1230. The van der Waals surface area contributed by atoms with Crippen LogP contribution in [0.4, 0.5) is 0 Å². The van der Waals surface area contributed by atoms with Crippen molar-refractivity contribution in [2.24, 2.45) is 5.92 Å². The number of benzene rings is 2. The standard InChI is InChI=1S/C32H41NO7/c1-36-32(37-2)13-12-31(39-20-24(35)18-34)26-16-23-10-11-25(38-19-22-6-4-3-5-7-22)28-27(23)30(31,29(32)40-28)14-15-33(26)17-21-8-9-21/h3-7,10-11,21,24,26,29,34-35H,8-9,12-20H2,1-2H3/t24?,26-,29?,30+,31-/m1/s1. The Morgan fingerprint density at radius 2 is 1.85 bits per heavy atom. The van der Waals surface area contributed by atoms with E-state index in [1.807, 2.05) is 18.2 Å². The average Bonchev–Trinajstić information content (AvgIpc) is 3.74. The second-order valence-corrected chi connectivity index (χ2v) is 12.3. The highest BCUT2D eigenvalue weighted by molar-refractivity contribution is 5.63. The van der Waals surface area contributed by atoms with Crippen molar-refractivity contribution in [2.45, 2.75) is 80.2 Å². The van der Waals surface area contributed by atoms with Crippen LogP contribution >= 0.6 is 0 Å². The van der Waals surface area contributed by atoms with Crippen LogP contribution in [0, 0.1) is 5.92 Å². The van der Waals surface area contributed by atoms with Crippen LogP contribution in [-0.2, 0) is 32.7 Å². The third kappa shape index (κ3) is 3.80. The van der Waals surface area contributed by atoms with Crippen molar-refractivity contribution in [3.8, 4) is 11.5 Å². The summed E-state index contributed by atoms with van der Waals surface area (Å²) in [7, 11) is 3.40. The number of ether oxygens (including phenoxy) is 5. The van der Waals surface area contributed by atoms with Crippen LogP contribution < -0.4 is 9.47 Å². The van der Waals surface area contributed by atoms with Gasteiger partial charge in [0.05, 0.1) is 24.2 Å². The molecule has 2 aliphatic heterocycles. The molecule has 2 bridgehead atoms. The van der Waals surface area contributed by atoms with Gasteiger partial charge < -0.3 is 33.9 Å². The molecular formula is C32H41NO7. The molecule has 5 atom stereocenters. The molecule has 3 fully saturated rings. The molecular weight excluding hydrogens is 510 g/mol. The lowest BCUT2D eigenvalue weighted by atomic mass is 9.47. The zero-order valence-electron chi connectivity index (χ0n) is 23.5. The number of hydrogen-bond donors (Lipinski definition) is 2. The average molecular weight is 552 g/mol. The minimum absolute atomic E-state index is 0.0700. The molecule has 2 saturated carbocycles. The van der Waals surface area contributed by atoms with Gasteiger partial charge in [-0.1, -0.05) is 36.4 Å². The number of rotatable bonds is 11. The van der Waals surface area contributed by atoms with Gasteiger partial charge in [0.1, 0.15) is 12.7 Å². The fraction of sp³-hybridized carbons (Fsp3) is 0.625. The van der Waals surface area contributed by atoms with Crippen molar-refractivity contribution in [1.82, 2.24) is 4.90 Å². The van der Waals surface area contributed by atoms with E-state index in [2.05, 4.69) is 29.2 Å². The van der Waals surface area contributed by atoms with Crippen molar-refractivity contribution in [3.63, 3.8) is 0 Å². The van der Waals surface area contributed by atoms with E-state index >= 15 is 0 Å². The van der Waals surface area contributed by atoms with Gasteiger partial charge in [0.15, 0.2) is 17.6 Å². The predicted molar refractivity (Wildman–Crippen MR) is 147 cm³/mol. The summed E-state index contributed by atoms with van der Waals surface area (Å²) in [5.41, 5.74) is 2.33. The van der Waals surface area contributed by atoms with Crippen LogP contribution in [0.2, 0.25) is 0 Å². The highest BCUT2D eigenvalue weighted by Gasteiger charge is 2.77. The van der Waals surface area contributed by atoms with Gasteiger partial charge in [0.2, 0.25) is 5.79 Å². The third-order valence-corrected chi connectivity index (χ3v) is 10.4. The normalized spacial score (nSPS) is 32.3. The van der Waals surface area contributed by atoms with Gasteiger partial charge in [-0.3, -0.25) is 4.90 Å². The van der Waals surface area contributed by atoms with E-state index in [9.17, 15) is 10.2 Å². The molecule has 0 radical (unpaired) electrons. The molecule has 5 aliphatic rings. The van der Waals surface area contributed by atoms with Crippen molar-refractivity contribution in [3.05, 3.63) is 59.2 Å². The molecule has 8 heteroatoms. The smallest absolute Gasteiger partial charge is 0.206 e. The molecule has 2 heterocycles. The molecule has 0 amide bonds. The molecule has 8 nitrogen and oxygen atoms in total. The highest BCUT2D eigenvalue weighted by Crippen LogP contribution is 2.69. The Balaban J connectivity index is 1.37. The summed E-state index contributed by atoms with van der Waals surface area (Å²) < 4.78 is 32.7. The van der Waals surface area contributed by atoms with E-state index in [4.69, 9.17) is 23.7 Å². The Labute approximate surface area is 236 Å². The summed E-state index contributed by atoms with van der Waals surface area (Å²) in [5, 5.41) is 20.1. The number of nitrogens with zero attached hydrogens (tertiary/aromatic N) is 1. The fourth-order valence-corrected chi connectivity index (χ4v) is 8.34. The van der Waals surface area contributed by atoms with E-state index in [1.54, 1.807) is 14.2 Å². The van der Waals surface area contributed by atoms with E-state index in [-0.39, 0.29) is 19.3 Å². The number of hydrogen-bond acceptors (Lipinski definition) is 8. The molecule has 2 N–H and O–H groups in total. The lowest BCUT2D eigenvalue weighted by molar-refractivity contribution is -0.328. The second kappa shape index (κ2) is 9.96. The van der Waals surface area contributed by atoms with E-state index < -0.39 is 29.0 Å². The number of likely N-dealkylation sites (tertiary alicyclic amines) is 1. The van der Waals surface area contributed by atoms with Gasteiger partial charge in [0, 0.05) is 38.8 Å². The van der Waals surface area contributed by atoms with Crippen LogP contribution in [0.5, 0.6) is 11.5 Å². The first-order chi connectivity index (χ1) is 19.5. The first-order valence-corrected chi connectivity index (χ1v) is 14.8. The van der Waals surface area contributed by atoms with Crippen LogP contribution in [0.25, 0.3) is 0 Å². The van der Waals surface area contributed by atoms with Gasteiger partial charge in [-0.05, 0) is 61.8 Å². The Hall–Kier alpha value is -2.20. The molecule has 216 valence electrons. The third-order valence-electron chi connectivity index (χ3n) is 10.4. The van der Waals surface area contributed by atoms with Crippen LogP contribution in [0.3, 0.4) is 0 Å². The van der Waals surface area contributed by atoms with Crippen molar-refractivity contribution < 1.29 is 33.9 Å². The first-order valence-electron chi connectivity index (χ1n) is 14.8. The molecule has 2 aromatic carbocycles. The van der Waals surface area contributed by atoms with Gasteiger partial charge in [-0.25, -0.2) is 0 Å². The monoisotopic (exact) mass is 551 g/mol. The number of aliphatic hydroxyl groups excluding tert-OH is 2. The van der Waals surface area contributed by atoms with Gasteiger partial charge in [-0.15, -0.1) is 0 Å². The Kier molecular flexibility index (Phi) is 6.65. The fourth-order valence-electron chi connectivity index (χ4n) is 8.34. The highest BCUT2D eigenvalue weighted by atomic mass is 16.7. The maximum Gasteiger partial charge on any atom is 0.206 e. The Morgan fingerprint density at radius 3 is 2.58 bits per heavy atom. The molecule has 3 aliphatic carbocycles. The van der Waals surface area contributed by atoms with Crippen molar-refractivity contribution >= 4 is 0 Å². The van der Waals surface area contributed by atoms with E-state index in [0.29, 0.717) is 19.4 Å². The zero-order valence-corrected chi connectivity index (χ0v) is 23.5. The number of piperidine rings is 1. The predicted octanol–water partition coefficient (Wildman–Crippen LogP) is 3.20. The Morgan fingerprint density at radius 1 is 1.05 bits per heavy atom. The summed E-state index contributed by atoms with van der Waals surface area (Å²) in [6.07, 6.45) is 4.15. The number of aliphatic hydroxyl groups is 2. The largest absolute Gasteiger partial charge is 0.485 e. The summed E-state index contributed by atoms with van der Waals surface area (Å²) in [6.45, 7) is 2.18. The molecule has 1 saturated heterocycles. The molecule has 7 rings (SSSR count). The number of methoxy groups -OCH3 is 2. The summed E-state index contributed by atoms with van der Waals surface area (Å²) >= 11 is 0. The van der Waals surface area contributed by atoms with Crippen LogP contribution in [0.1, 0.15) is 48.8 Å². The van der Waals surface area contributed by atoms with E-state index in [1.165, 1.54) is 18.4 Å². The quantitative estimate of drug-likeness (QED) is 0.412. The topological polar surface area (TPSA) is 89.9 Å². The van der Waals surface area contributed by atoms with Gasteiger partial charge >= 0.3 is 0 Å². The van der Waals surface area contributed by atoms with Gasteiger partial charge in [-0.2, -0.15) is 0 Å². The maximum atomic E-state index is 10.5. The molecule has 2 unspecified atom stereocenters. The lowest BCUT2D eigenvalue weighted by Gasteiger charge is -2.67. The molecule has 40 heavy (non-hydrogen) atoms. The minimum Gasteiger partial charge on any atom is -0.485 e. The lowest BCUT2D eigenvalue weighted by Crippen LogP contribution is -2.80. The van der Waals surface area contributed by atoms with E-state index in [0.717, 1.165) is 54.5 Å². The van der Waals surface area contributed by atoms with Crippen molar-refractivity contribution in [1.29, 1.82) is 0 Å². The molecule has 2 aromatic rings. The molecule has 1 spiro atoms. The van der Waals surface area contributed by atoms with Gasteiger partial charge in [0.25, 0.3) is 0 Å². The van der Waals surface area contributed by atoms with Crippen LogP contribution in [-0.4, -0.2) is 85.3 Å². The summed E-state index contributed by atoms with van der Waals surface area (Å²) in [5.74, 6) is 1.28. The summed E-state index contributed by atoms with van der Waals surface area (Å²) in [4.78, 5) is 2.64. The molecule has 0 aromatic heterocycles. The summed E-state index contributed by atoms with van der Waals surface area (Å²) in [6, 6.07) is 14.5. The minimum atomic E-state index is -0.948. The first kappa shape index (κ1) is 26.7. The SMILES string of the molecule is COC1(OC)CC[C@@]2(OCC(O)CO)[C@H]3Cc4ccc(OCc5ccccc5)c5c4[C@@]2(CCN3CC2CC2)C1O5. The zero-order chi connectivity index (χ0) is 27.5. The van der Waals surface area contributed by atoms with Crippen molar-refractivity contribution in [2.75, 3.05) is 40.5 Å². The maximum absolute atomic E-state index is 10.5. The van der Waals surface area contributed by atoms with Crippen LogP contribution in [0.15, 0.2) is 42.5 Å². The second-order valence-electron chi connectivity index (χ2n) is 12.3.